The number of ether oxygens (including phenoxy) is 1. The third-order valence-electron chi connectivity index (χ3n) is 2.52. The molecule has 1 aromatic carbocycles. The number of hydrogen-bond acceptors (Lipinski definition) is 5. The SMILES string of the molecule is CC(C)OCC(=O)NS(=O)(=O)c1ccc(C#N)c(C(F)(F)F)c1. The number of hydrogen-bond donors (Lipinski definition) is 1. The molecule has 0 unspecified atom stereocenters. The van der Waals surface area contributed by atoms with E-state index < -0.39 is 44.7 Å². The number of amides is 1. The first-order valence-electron chi connectivity index (χ1n) is 6.26. The standard InChI is InChI=1S/C13H13F3N2O4S/c1-8(2)22-7-12(19)18-23(20,21)10-4-3-9(6-17)11(5-10)13(14,15)16/h3-5,8H,7H2,1-2H3,(H,18,19). The van der Waals surface area contributed by atoms with E-state index in [1.165, 1.54) is 6.07 Å². The molecule has 0 aliphatic heterocycles. The summed E-state index contributed by atoms with van der Waals surface area (Å²) in [6.45, 7) is 2.69. The number of rotatable bonds is 5. The van der Waals surface area contributed by atoms with E-state index in [2.05, 4.69) is 0 Å². The largest absolute Gasteiger partial charge is 0.417 e. The first-order chi connectivity index (χ1) is 10.5. The Morgan fingerprint density at radius 1 is 1.39 bits per heavy atom. The van der Waals surface area contributed by atoms with E-state index in [4.69, 9.17) is 10.00 Å². The molecule has 0 spiro atoms. The molecule has 0 atom stereocenters. The molecule has 6 nitrogen and oxygen atoms in total. The van der Waals surface area contributed by atoms with Crippen LogP contribution < -0.4 is 4.72 Å². The van der Waals surface area contributed by atoms with Crippen molar-refractivity contribution in [1.29, 1.82) is 5.26 Å². The molecule has 0 aliphatic carbocycles. The van der Waals surface area contributed by atoms with Crippen molar-refractivity contribution >= 4 is 15.9 Å². The molecular formula is C13H13F3N2O4S. The van der Waals surface area contributed by atoms with Crippen LogP contribution in [0.1, 0.15) is 25.0 Å². The van der Waals surface area contributed by atoms with Gasteiger partial charge in [0.1, 0.15) is 6.61 Å². The molecule has 0 fully saturated rings. The summed E-state index contributed by atoms with van der Waals surface area (Å²) < 4.78 is 68.8. The molecule has 0 aromatic heterocycles. The normalized spacial score (nSPS) is 12.0. The number of carbonyl (C=O) groups is 1. The maximum Gasteiger partial charge on any atom is 0.417 e. The van der Waals surface area contributed by atoms with Crippen molar-refractivity contribution in [2.75, 3.05) is 6.61 Å². The lowest BCUT2D eigenvalue weighted by Crippen LogP contribution is -2.34. The molecule has 0 bridgehead atoms. The van der Waals surface area contributed by atoms with Gasteiger partial charge in [0.25, 0.3) is 15.9 Å². The lowest BCUT2D eigenvalue weighted by atomic mass is 10.1. The molecule has 126 valence electrons. The maximum absolute atomic E-state index is 12.8. The van der Waals surface area contributed by atoms with E-state index in [0.29, 0.717) is 6.07 Å². The molecule has 0 saturated heterocycles. The number of halogens is 3. The van der Waals surface area contributed by atoms with Gasteiger partial charge in [-0.1, -0.05) is 0 Å². The van der Waals surface area contributed by atoms with Gasteiger partial charge in [0.2, 0.25) is 0 Å². The van der Waals surface area contributed by atoms with Crippen LogP contribution >= 0.6 is 0 Å². The predicted octanol–water partition coefficient (Wildman–Crippen LogP) is 1.81. The Hall–Kier alpha value is -2.12. The maximum atomic E-state index is 12.8. The molecule has 0 aliphatic rings. The summed E-state index contributed by atoms with van der Waals surface area (Å²) in [5, 5.41) is 8.66. The number of nitrogens with zero attached hydrogens (tertiary/aromatic N) is 1. The van der Waals surface area contributed by atoms with Crippen LogP contribution in [0.3, 0.4) is 0 Å². The summed E-state index contributed by atoms with van der Waals surface area (Å²) in [6.07, 6.45) is -5.23. The topological polar surface area (TPSA) is 96.3 Å². The highest BCUT2D eigenvalue weighted by molar-refractivity contribution is 7.90. The van der Waals surface area contributed by atoms with Crippen molar-refractivity contribution in [3.8, 4) is 6.07 Å². The average molecular weight is 350 g/mol. The minimum atomic E-state index is -4.90. The van der Waals surface area contributed by atoms with Crippen LogP contribution in [-0.2, 0) is 25.7 Å². The summed E-state index contributed by atoms with van der Waals surface area (Å²) in [7, 11) is -4.50. The molecule has 0 heterocycles. The number of nitriles is 1. The van der Waals surface area contributed by atoms with Crippen LogP contribution in [0.5, 0.6) is 0 Å². The van der Waals surface area contributed by atoms with E-state index in [9.17, 15) is 26.4 Å². The Morgan fingerprint density at radius 3 is 2.48 bits per heavy atom. The van der Waals surface area contributed by atoms with E-state index in [0.717, 1.165) is 12.1 Å². The van der Waals surface area contributed by atoms with Crippen LogP contribution in [0.15, 0.2) is 23.1 Å². The highest BCUT2D eigenvalue weighted by Crippen LogP contribution is 2.33. The molecule has 1 N–H and O–H groups in total. The van der Waals surface area contributed by atoms with Gasteiger partial charge < -0.3 is 4.74 Å². The third-order valence-corrected chi connectivity index (χ3v) is 3.89. The van der Waals surface area contributed by atoms with Crippen LogP contribution in [0.25, 0.3) is 0 Å². The lowest BCUT2D eigenvalue weighted by molar-refractivity contribution is -0.137. The van der Waals surface area contributed by atoms with Gasteiger partial charge in [0.05, 0.1) is 28.2 Å². The Bertz CT molecular complexity index is 737. The first-order valence-corrected chi connectivity index (χ1v) is 7.74. The zero-order valence-corrected chi connectivity index (χ0v) is 13.0. The number of sulfonamides is 1. The number of benzene rings is 1. The summed E-state index contributed by atoms with van der Waals surface area (Å²) in [5.74, 6) is -1.02. The molecule has 0 radical (unpaired) electrons. The van der Waals surface area contributed by atoms with Crippen LogP contribution in [0.2, 0.25) is 0 Å². The van der Waals surface area contributed by atoms with E-state index in [1.807, 2.05) is 0 Å². The summed E-state index contributed by atoms with van der Waals surface area (Å²) in [6, 6.07) is 3.18. The van der Waals surface area contributed by atoms with E-state index >= 15 is 0 Å². The van der Waals surface area contributed by atoms with Gasteiger partial charge in [-0.25, -0.2) is 13.1 Å². The number of carbonyl (C=O) groups excluding carboxylic acids is 1. The second-order valence-electron chi connectivity index (χ2n) is 4.71. The molecule has 1 aromatic rings. The van der Waals surface area contributed by atoms with Gasteiger partial charge in [-0.15, -0.1) is 0 Å². The summed E-state index contributed by atoms with van der Waals surface area (Å²) in [5.41, 5.74) is -2.11. The fraction of sp³-hybridized carbons (Fsp3) is 0.385. The van der Waals surface area contributed by atoms with Gasteiger partial charge in [0.15, 0.2) is 0 Å². The van der Waals surface area contributed by atoms with Crippen LogP contribution in [0, 0.1) is 11.3 Å². The van der Waals surface area contributed by atoms with Crippen LogP contribution in [0.4, 0.5) is 13.2 Å². The third kappa shape index (κ3) is 5.22. The lowest BCUT2D eigenvalue weighted by Gasteiger charge is -2.12. The highest BCUT2D eigenvalue weighted by Gasteiger charge is 2.35. The minimum absolute atomic E-state index is 0.303. The van der Waals surface area contributed by atoms with Gasteiger partial charge in [-0.05, 0) is 32.0 Å². The number of alkyl halides is 3. The van der Waals surface area contributed by atoms with Crippen molar-refractivity contribution in [3.63, 3.8) is 0 Å². The fourth-order valence-corrected chi connectivity index (χ4v) is 2.50. The minimum Gasteiger partial charge on any atom is -0.369 e. The summed E-state index contributed by atoms with van der Waals surface area (Å²) in [4.78, 5) is 10.7. The van der Waals surface area contributed by atoms with Gasteiger partial charge >= 0.3 is 6.18 Å². The second-order valence-corrected chi connectivity index (χ2v) is 6.39. The Kier molecular flexibility index (Phi) is 5.74. The van der Waals surface area contributed by atoms with E-state index in [1.54, 1.807) is 18.6 Å². The fourth-order valence-electron chi connectivity index (χ4n) is 1.50. The van der Waals surface area contributed by atoms with Gasteiger partial charge in [0, 0.05) is 0 Å². The Balaban J connectivity index is 3.11. The quantitative estimate of drug-likeness (QED) is 0.874. The van der Waals surface area contributed by atoms with Gasteiger partial charge in [-0.2, -0.15) is 18.4 Å². The first kappa shape index (κ1) is 18.9. The highest BCUT2D eigenvalue weighted by atomic mass is 32.2. The second kappa shape index (κ2) is 6.97. The monoisotopic (exact) mass is 350 g/mol. The van der Waals surface area contributed by atoms with Crippen molar-refractivity contribution in [2.45, 2.75) is 31.0 Å². The molecule has 10 heteroatoms. The molecule has 23 heavy (non-hydrogen) atoms. The summed E-state index contributed by atoms with van der Waals surface area (Å²) >= 11 is 0. The van der Waals surface area contributed by atoms with Gasteiger partial charge in [-0.3, -0.25) is 4.79 Å². The number of nitrogens with one attached hydrogen (secondary N) is 1. The van der Waals surface area contributed by atoms with Crippen molar-refractivity contribution < 1.29 is 31.1 Å². The average Bonchev–Trinajstić information content (AvgIpc) is 2.43. The predicted molar refractivity (Wildman–Crippen MR) is 72.6 cm³/mol. The molecule has 1 amide bonds. The zero-order valence-electron chi connectivity index (χ0n) is 12.1. The van der Waals surface area contributed by atoms with E-state index in [-0.39, 0.29) is 6.10 Å². The van der Waals surface area contributed by atoms with Crippen molar-refractivity contribution in [2.24, 2.45) is 0 Å². The van der Waals surface area contributed by atoms with Crippen molar-refractivity contribution in [3.05, 3.63) is 29.3 Å². The molecule has 0 saturated carbocycles. The Labute approximate surface area is 130 Å². The molecule has 1 rings (SSSR count). The Morgan fingerprint density at radius 2 is 2.00 bits per heavy atom. The smallest absolute Gasteiger partial charge is 0.369 e. The van der Waals surface area contributed by atoms with Crippen molar-refractivity contribution in [1.82, 2.24) is 4.72 Å². The zero-order chi connectivity index (χ0) is 17.8. The molecular weight excluding hydrogens is 337 g/mol. The van der Waals surface area contributed by atoms with Crippen LogP contribution in [-0.4, -0.2) is 27.0 Å².